The first-order valence-electron chi connectivity index (χ1n) is 8.74. The largest absolute Gasteiger partial charge is 0.467 e. The van der Waals surface area contributed by atoms with Crippen LogP contribution in [-0.2, 0) is 14.3 Å². The van der Waals surface area contributed by atoms with Gasteiger partial charge in [0.15, 0.2) is 0 Å². The first kappa shape index (κ1) is 20.9. The van der Waals surface area contributed by atoms with Crippen molar-refractivity contribution in [3.63, 3.8) is 0 Å². The Balaban J connectivity index is 2.08. The maximum atomic E-state index is 12.4. The first-order chi connectivity index (χ1) is 12.9. The van der Waals surface area contributed by atoms with Gasteiger partial charge >= 0.3 is 5.97 Å². The zero-order valence-electron chi connectivity index (χ0n) is 16.2. The molecule has 1 aromatic heterocycles. The number of benzene rings is 1. The maximum Gasteiger partial charge on any atom is 0.328 e. The standard InChI is InChI=1S/C18H25N5O3S/c1-6-11(2)15(17(25)26-5)19-14(24)10-27-18-20-21-22-23(18)16-12(3)8-7-9-13(16)4/h7-9,11,15H,6,10H2,1-5H3,(H,19,24). The van der Waals surface area contributed by atoms with Gasteiger partial charge < -0.3 is 10.1 Å². The highest BCUT2D eigenvalue weighted by Gasteiger charge is 2.27. The number of nitrogens with one attached hydrogen (secondary N) is 1. The second-order valence-corrected chi connectivity index (χ2v) is 7.30. The van der Waals surface area contributed by atoms with Gasteiger partial charge in [-0.1, -0.05) is 50.2 Å². The lowest BCUT2D eigenvalue weighted by Crippen LogP contribution is -2.46. The summed E-state index contributed by atoms with van der Waals surface area (Å²) in [6, 6.07) is 5.28. The van der Waals surface area contributed by atoms with Gasteiger partial charge in [0.1, 0.15) is 6.04 Å². The number of esters is 1. The average Bonchev–Trinajstić information content (AvgIpc) is 3.11. The molecule has 0 bridgehead atoms. The van der Waals surface area contributed by atoms with Crippen LogP contribution in [0.4, 0.5) is 0 Å². The summed E-state index contributed by atoms with van der Waals surface area (Å²) in [6.07, 6.45) is 0.748. The van der Waals surface area contributed by atoms with Gasteiger partial charge in [-0.3, -0.25) is 4.79 Å². The van der Waals surface area contributed by atoms with Crippen molar-refractivity contribution in [2.45, 2.75) is 45.3 Å². The van der Waals surface area contributed by atoms with Crippen molar-refractivity contribution in [3.05, 3.63) is 29.3 Å². The van der Waals surface area contributed by atoms with E-state index in [1.54, 1.807) is 4.68 Å². The number of hydrogen-bond acceptors (Lipinski definition) is 7. The lowest BCUT2D eigenvalue weighted by molar-refractivity contribution is -0.146. The highest BCUT2D eigenvalue weighted by atomic mass is 32.2. The van der Waals surface area contributed by atoms with Crippen LogP contribution in [0.5, 0.6) is 0 Å². The molecule has 1 N–H and O–H groups in total. The van der Waals surface area contributed by atoms with Crippen molar-refractivity contribution in [1.29, 1.82) is 0 Å². The van der Waals surface area contributed by atoms with Crippen LogP contribution in [0.2, 0.25) is 0 Å². The van der Waals surface area contributed by atoms with E-state index in [9.17, 15) is 9.59 Å². The highest BCUT2D eigenvalue weighted by Crippen LogP contribution is 2.23. The Kier molecular flexibility index (Phi) is 7.35. The Labute approximate surface area is 163 Å². The minimum Gasteiger partial charge on any atom is -0.467 e. The van der Waals surface area contributed by atoms with Crippen molar-refractivity contribution in [2.75, 3.05) is 12.9 Å². The number of aryl methyl sites for hydroxylation is 2. The summed E-state index contributed by atoms with van der Waals surface area (Å²) in [7, 11) is 1.32. The number of rotatable bonds is 8. The molecule has 27 heavy (non-hydrogen) atoms. The molecule has 1 aromatic carbocycles. The molecule has 1 amide bonds. The summed E-state index contributed by atoms with van der Waals surface area (Å²) in [5.41, 5.74) is 2.98. The average molecular weight is 391 g/mol. The number of carbonyl (C=O) groups is 2. The second kappa shape index (κ2) is 9.50. The number of hydrogen-bond donors (Lipinski definition) is 1. The molecular formula is C18H25N5O3S. The number of tetrazole rings is 1. The number of aromatic nitrogens is 4. The Morgan fingerprint density at radius 2 is 1.96 bits per heavy atom. The molecule has 0 aliphatic carbocycles. The number of thioether (sulfide) groups is 1. The van der Waals surface area contributed by atoms with Gasteiger partial charge in [-0.2, -0.15) is 4.68 Å². The predicted octanol–water partition coefficient (Wildman–Crippen LogP) is 2.08. The molecule has 0 saturated heterocycles. The van der Waals surface area contributed by atoms with E-state index < -0.39 is 12.0 Å². The topological polar surface area (TPSA) is 99.0 Å². The van der Waals surface area contributed by atoms with Gasteiger partial charge in [0.05, 0.1) is 18.6 Å². The van der Waals surface area contributed by atoms with E-state index in [2.05, 4.69) is 20.8 Å². The summed E-state index contributed by atoms with van der Waals surface area (Å²) in [5.74, 6) is -0.643. The molecule has 1 heterocycles. The third-order valence-electron chi connectivity index (χ3n) is 4.41. The molecule has 0 fully saturated rings. The molecule has 2 unspecified atom stereocenters. The van der Waals surface area contributed by atoms with Crippen LogP contribution in [-0.4, -0.2) is 51.0 Å². The van der Waals surface area contributed by atoms with Crippen LogP contribution >= 0.6 is 11.8 Å². The molecule has 0 aliphatic rings. The third kappa shape index (κ3) is 5.06. The first-order valence-corrected chi connectivity index (χ1v) is 9.72. The Morgan fingerprint density at radius 1 is 1.30 bits per heavy atom. The molecule has 2 rings (SSSR count). The van der Waals surface area contributed by atoms with Gasteiger partial charge in [0.25, 0.3) is 0 Å². The number of methoxy groups -OCH3 is 1. The lowest BCUT2D eigenvalue weighted by atomic mass is 9.99. The number of para-hydroxylation sites is 1. The summed E-state index contributed by atoms with van der Waals surface area (Å²) in [5, 5.41) is 15.1. The molecule has 2 aromatic rings. The van der Waals surface area contributed by atoms with Crippen LogP contribution in [0.15, 0.2) is 23.4 Å². The third-order valence-corrected chi connectivity index (χ3v) is 5.33. The van der Waals surface area contributed by atoms with Crippen molar-refractivity contribution >= 4 is 23.6 Å². The molecule has 0 aliphatic heterocycles. The summed E-state index contributed by atoms with van der Waals surface area (Å²) in [4.78, 5) is 24.3. The quantitative estimate of drug-likeness (QED) is 0.543. The van der Waals surface area contributed by atoms with Crippen molar-refractivity contribution in [3.8, 4) is 5.69 Å². The van der Waals surface area contributed by atoms with E-state index in [-0.39, 0.29) is 17.6 Å². The Hall–Kier alpha value is -2.42. The number of amides is 1. The lowest BCUT2D eigenvalue weighted by Gasteiger charge is -2.21. The SMILES string of the molecule is CCC(C)C(NC(=O)CSc1nnnn1-c1c(C)cccc1C)C(=O)OC. The van der Waals surface area contributed by atoms with E-state index in [1.165, 1.54) is 18.9 Å². The van der Waals surface area contributed by atoms with E-state index in [1.807, 2.05) is 45.9 Å². The molecule has 2 atom stereocenters. The monoisotopic (exact) mass is 391 g/mol. The Bertz CT molecular complexity index is 788. The molecule has 0 saturated carbocycles. The molecule has 8 nitrogen and oxygen atoms in total. The summed E-state index contributed by atoms with van der Waals surface area (Å²) >= 11 is 1.22. The predicted molar refractivity (Wildman–Crippen MR) is 103 cm³/mol. The molecule has 0 radical (unpaired) electrons. The van der Waals surface area contributed by atoms with Crippen LogP contribution in [0.1, 0.15) is 31.4 Å². The van der Waals surface area contributed by atoms with E-state index in [4.69, 9.17) is 4.74 Å². The van der Waals surface area contributed by atoms with Crippen molar-refractivity contribution in [1.82, 2.24) is 25.5 Å². The molecular weight excluding hydrogens is 366 g/mol. The second-order valence-electron chi connectivity index (χ2n) is 6.36. The zero-order chi connectivity index (χ0) is 20.0. The van der Waals surface area contributed by atoms with Gasteiger partial charge in [0.2, 0.25) is 11.1 Å². The van der Waals surface area contributed by atoms with Crippen LogP contribution in [0.3, 0.4) is 0 Å². The van der Waals surface area contributed by atoms with Crippen molar-refractivity contribution < 1.29 is 14.3 Å². The number of nitrogens with zero attached hydrogens (tertiary/aromatic N) is 4. The van der Waals surface area contributed by atoms with Crippen LogP contribution in [0.25, 0.3) is 5.69 Å². The van der Waals surface area contributed by atoms with Gasteiger partial charge in [0, 0.05) is 0 Å². The summed E-state index contributed by atoms with van der Waals surface area (Å²) < 4.78 is 6.43. The van der Waals surface area contributed by atoms with Crippen molar-refractivity contribution in [2.24, 2.45) is 5.92 Å². The molecule has 0 spiro atoms. The van der Waals surface area contributed by atoms with Gasteiger partial charge in [-0.15, -0.1) is 5.10 Å². The van der Waals surface area contributed by atoms with Crippen LogP contribution in [0, 0.1) is 19.8 Å². The fourth-order valence-corrected chi connectivity index (χ4v) is 3.38. The Morgan fingerprint density at radius 3 is 2.56 bits per heavy atom. The van der Waals surface area contributed by atoms with E-state index in [0.717, 1.165) is 23.2 Å². The molecule has 146 valence electrons. The smallest absolute Gasteiger partial charge is 0.328 e. The minimum atomic E-state index is -0.664. The maximum absolute atomic E-state index is 12.4. The zero-order valence-corrected chi connectivity index (χ0v) is 17.0. The van der Waals surface area contributed by atoms with E-state index >= 15 is 0 Å². The van der Waals surface area contributed by atoms with Crippen LogP contribution < -0.4 is 5.32 Å². The number of ether oxygens (including phenoxy) is 1. The normalized spacial score (nSPS) is 13.1. The fourth-order valence-electron chi connectivity index (χ4n) is 2.69. The molecule has 9 heteroatoms. The summed E-state index contributed by atoms with van der Waals surface area (Å²) in [6.45, 7) is 7.83. The van der Waals surface area contributed by atoms with E-state index in [0.29, 0.717) is 5.16 Å². The fraction of sp³-hybridized carbons (Fsp3) is 0.500. The highest BCUT2D eigenvalue weighted by molar-refractivity contribution is 7.99. The van der Waals surface area contributed by atoms with Gasteiger partial charge in [-0.05, 0) is 41.3 Å². The van der Waals surface area contributed by atoms with Gasteiger partial charge in [-0.25, -0.2) is 4.79 Å². The number of carbonyl (C=O) groups excluding carboxylic acids is 2. The minimum absolute atomic E-state index is 0.0219.